The Balaban J connectivity index is 2.41. The number of nitrogens with two attached hydrogens (primary N) is 1. The number of anilines is 1. The van der Waals surface area contributed by atoms with E-state index in [1.807, 2.05) is 0 Å². The first-order valence-corrected chi connectivity index (χ1v) is 7.46. The van der Waals surface area contributed by atoms with E-state index in [1.165, 1.54) is 6.07 Å². The monoisotopic (exact) mass is 296 g/mol. The van der Waals surface area contributed by atoms with E-state index >= 15 is 0 Å². The zero-order chi connectivity index (χ0) is 13.9. The lowest BCUT2D eigenvalue weighted by atomic mass is 10.2. The van der Waals surface area contributed by atoms with Crippen molar-refractivity contribution >= 4 is 27.3 Å². The highest BCUT2D eigenvalue weighted by atomic mass is 35.5. The van der Waals surface area contributed by atoms with Crippen LogP contribution in [0.3, 0.4) is 0 Å². The molecule has 0 amide bonds. The van der Waals surface area contributed by atoms with Gasteiger partial charge in [0.2, 0.25) is 0 Å². The van der Waals surface area contributed by atoms with Crippen LogP contribution in [0, 0.1) is 0 Å². The molecule has 0 saturated heterocycles. The Morgan fingerprint density at radius 1 is 1.05 bits per heavy atom. The molecule has 2 aromatic carbocycles. The van der Waals surface area contributed by atoms with Crippen molar-refractivity contribution in [2.24, 2.45) is 5.73 Å². The van der Waals surface area contributed by atoms with Crippen molar-refractivity contribution in [3.05, 3.63) is 59.1 Å². The molecule has 0 unspecified atom stereocenters. The third-order valence-electron chi connectivity index (χ3n) is 2.60. The molecule has 0 aliphatic rings. The molecule has 100 valence electrons. The Labute approximate surface area is 117 Å². The van der Waals surface area contributed by atoms with Gasteiger partial charge in [0.05, 0.1) is 15.6 Å². The SMILES string of the molecule is NCc1ccccc1S(=O)(=O)Nc1ccccc1Cl. The van der Waals surface area contributed by atoms with Gasteiger partial charge in [0.1, 0.15) is 0 Å². The molecule has 2 rings (SSSR count). The van der Waals surface area contributed by atoms with Crippen molar-refractivity contribution in [1.82, 2.24) is 0 Å². The summed E-state index contributed by atoms with van der Waals surface area (Å²) in [6.45, 7) is 0.152. The van der Waals surface area contributed by atoms with Gasteiger partial charge >= 0.3 is 0 Å². The number of rotatable bonds is 4. The molecular formula is C13H13ClN2O2S. The van der Waals surface area contributed by atoms with Crippen LogP contribution in [0.2, 0.25) is 5.02 Å². The summed E-state index contributed by atoms with van der Waals surface area (Å²) < 4.78 is 27.1. The molecule has 0 aliphatic carbocycles. The number of benzene rings is 2. The first kappa shape index (κ1) is 13.9. The Kier molecular flexibility index (Phi) is 4.09. The van der Waals surface area contributed by atoms with Crippen LogP contribution in [0.1, 0.15) is 5.56 Å². The first-order valence-electron chi connectivity index (χ1n) is 5.60. The van der Waals surface area contributed by atoms with Gasteiger partial charge in [0, 0.05) is 6.54 Å². The molecule has 0 atom stereocenters. The standard InChI is InChI=1S/C13H13ClN2O2S/c14-11-6-2-3-7-12(11)16-19(17,18)13-8-4-1-5-10(13)9-15/h1-8,16H,9,15H2. The van der Waals surface area contributed by atoms with Crippen LogP contribution in [0.5, 0.6) is 0 Å². The van der Waals surface area contributed by atoms with Gasteiger partial charge in [-0.25, -0.2) is 8.42 Å². The molecule has 19 heavy (non-hydrogen) atoms. The maximum atomic E-state index is 12.3. The molecule has 0 aromatic heterocycles. The third-order valence-corrected chi connectivity index (χ3v) is 4.40. The smallest absolute Gasteiger partial charge is 0.262 e. The topological polar surface area (TPSA) is 72.2 Å². The van der Waals surface area contributed by atoms with Crippen LogP contribution < -0.4 is 10.5 Å². The van der Waals surface area contributed by atoms with E-state index in [0.717, 1.165) is 0 Å². The van der Waals surface area contributed by atoms with Crippen molar-refractivity contribution in [2.75, 3.05) is 4.72 Å². The number of halogens is 1. The van der Waals surface area contributed by atoms with Crippen molar-refractivity contribution in [2.45, 2.75) is 11.4 Å². The Hall–Kier alpha value is -1.56. The van der Waals surface area contributed by atoms with Crippen molar-refractivity contribution in [3.8, 4) is 0 Å². The fraction of sp³-hybridized carbons (Fsp3) is 0.0769. The van der Waals surface area contributed by atoms with E-state index in [-0.39, 0.29) is 11.4 Å². The largest absolute Gasteiger partial charge is 0.326 e. The lowest BCUT2D eigenvalue weighted by Crippen LogP contribution is -2.16. The maximum Gasteiger partial charge on any atom is 0.262 e. The lowest BCUT2D eigenvalue weighted by molar-refractivity contribution is 0.600. The van der Waals surface area contributed by atoms with Crippen LogP contribution >= 0.6 is 11.6 Å². The zero-order valence-electron chi connectivity index (χ0n) is 10.0. The first-order chi connectivity index (χ1) is 9.04. The summed E-state index contributed by atoms with van der Waals surface area (Å²) in [5, 5.41) is 0.344. The molecule has 4 nitrogen and oxygen atoms in total. The zero-order valence-corrected chi connectivity index (χ0v) is 11.6. The van der Waals surface area contributed by atoms with E-state index in [2.05, 4.69) is 4.72 Å². The highest BCUT2D eigenvalue weighted by molar-refractivity contribution is 7.92. The molecule has 0 radical (unpaired) electrons. The molecule has 0 aliphatic heterocycles. The van der Waals surface area contributed by atoms with Gasteiger partial charge < -0.3 is 5.73 Å². The van der Waals surface area contributed by atoms with Gasteiger partial charge in [0.25, 0.3) is 10.0 Å². The predicted molar refractivity (Wildman–Crippen MR) is 76.6 cm³/mol. The average molecular weight is 297 g/mol. The normalized spacial score (nSPS) is 11.3. The van der Waals surface area contributed by atoms with Crippen LogP contribution in [-0.2, 0) is 16.6 Å². The van der Waals surface area contributed by atoms with Gasteiger partial charge in [-0.15, -0.1) is 0 Å². The minimum absolute atomic E-state index is 0.152. The predicted octanol–water partition coefficient (Wildman–Crippen LogP) is 2.60. The van der Waals surface area contributed by atoms with Crippen LogP contribution in [-0.4, -0.2) is 8.42 Å². The quantitative estimate of drug-likeness (QED) is 0.911. The molecule has 2 aromatic rings. The van der Waals surface area contributed by atoms with E-state index in [1.54, 1.807) is 42.5 Å². The number of hydrogen-bond donors (Lipinski definition) is 2. The molecule has 0 spiro atoms. The van der Waals surface area contributed by atoms with Crippen LogP contribution in [0.15, 0.2) is 53.4 Å². The highest BCUT2D eigenvalue weighted by Gasteiger charge is 2.18. The molecule has 0 bridgehead atoms. The van der Waals surface area contributed by atoms with Crippen LogP contribution in [0.4, 0.5) is 5.69 Å². The molecule has 3 N–H and O–H groups in total. The highest BCUT2D eigenvalue weighted by Crippen LogP contribution is 2.25. The molecular weight excluding hydrogens is 284 g/mol. The summed E-state index contributed by atoms with van der Waals surface area (Å²) >= 11 is 5.94. The summed E-state index contributed by atoms with van der Waals surface area (Å²) in [4.78, 5) is 0.164. The fourth-order valence-corrected chi connectivity index (χ4v) is 3.25. The molecule has 0 heterocycles. The third kappa shape index (κ3) is 3.07. The second-order valence-corrected chi connectivity index (χ2v) is 5.96. The summed E-state index contributed by atoms with van der Waals surface area (Å²) in [5.41, 5.74) is 6.45. The summed E-state index contributed by atoms with van der Waals surface area (Å²) in [7, 11) is -3.69. The van der Waals surface area contributed by atoms with Gasteiger partial charge in [-0.05, 0) is 23.8 Å². The van der Waals surface area contributed by atoms with Crippen molar-refractivity contribution in [1.29, 1.82) is 0 Å². The van der Waals surface area contributed by atoms with Gasteiger partial charge in [-0.2, -0.15) is 0 Å². The Morgan fingerprint density at radius 2 is 1.68 bits per heavy atom. The Bertz CT molecular complexity index is 687. The van der Waals surface area contributed by atoms with E-state index < -0.39 is 10.0 Å². The lowest BCUT2D eigenvalue weighted by Gasteiger charge is -2.12. The number of nitrogens with one attached hydrogen (secondary N) is 1. The number of hydrogen-bond acceptors (Lipinski definition) is 3. The molecule has 0 saturated carbocycles. The summed E-state index contributed by atoms with van der Waals surface area (Å²) in [6, 6.07) is 13.3. The van der Waals surface area contributed by atoms with Crippen molar-refractivity contribution < 1.29 is 8.42 Å². The summed E-state index contributed by atoms with van der Waals surface area (Å²) in [5.74, 6) is 0. The second-order valence-electron chi connectivity index (χ2n) is 3.90. The number of para-hydroxylation sites is 1. The minimum atomic E-state index is -3.69. The minimum Gasteiger partial charge on any atom is -0.326 e. The molecule has 6 heteroatoms. The van der Waals surface area contributed by atoms with Gasteiger partial charge in [-0.3, -0.25) is 4.72 Å². The number of sulfonamides is 1. The van der Waals surface area contributed by atoms with Gasteiger partial charge in [0.15, 0.2) is 0 Å². The van der Waals surface area contributed by atoms with Crippen molar-refractivity contribution in [3.63, 3.8) is 0 Å². The second kappa shape index (κ2) is 5.61. The maximum absolute atomic E-state index is 12.3. The fourth-order valence-electron chi connectivity index (χ4n) is 1.68. The van der Waals surface area contributed by atoms with Gasteiger partial charge in [-0.1, -0.05) is 41.9 Å². The summed E-state index contributed by atoms with van der Waals surface area (Å²) in [6.07, 6.45) is 0. The van der Waals surface area contributed by atoms with E-state index in [9.17, 15) is 8.42 Å². The van der Waals surface area contributed by atoms with E-state index in [4.69, 9.17) is 17.3 Å². The van der Waals surface area contributed by atoms with Crippen LogP contribution in [0.25, 0.3) is 0 Å². The Morgan fingerprint density at radius 3 is 2.37 bits per heavy atom. The average Bonchev–Trinajstić information content (AvgIpc) is 2.41. The van der Waals surface area contributed by atoms with E-state index in [0.29, 0.717) is 16.3 Å². The molecule has 0 fully saturated rings.